The van der Waals surface area contributed by atoms with Gasteiger partial charge in [0.2, 0.25) is 11.6 Å². The molecule has 2 heterocycles. The molecule has 5 rings (SSSR count). The molecule has 4 aromatic rings. The Bertz CT molecular complexity index is 1450. The molecule has 10 heteroatoms. The lowest BCUT2D eigenvalue weighted by Gasteiger charge is -2.24. The van der Waals surface area contributed by atoms with Crippen molar-refractivity contribution < 1.29 is 14.4 Å². The third-order valence-corrected chi connectivity index (χ3v) is 6.46. The van der Waals surface area contributed by atoms with Gasteiger partial charge in [0, 0.05) is 29.4 Å². The molecule has 0 amide bonds. The highest BCUT2D eigenvalue weighted by atomic mass is 32.1. The van der Waals surface area contributed by atoms with E-state index in [-0.39, 0.29) is 23.4 Å². The zero-order valence-electron chi connectivity index (χ0n) is 19.2. The summed E-state index contributed by atoms with van der Waals surface area (Å²) in [5.41, 5.74) is 2.65. The first-order valence-corrected chi connectivity index (χ1v) is 11.4. The minimum Gasteiger partial charge on any atom is -0.454 e. The second-order valence-corrected chi connectivity index (χ2v) is 8.64. The predicted octanol–water partition coefficient (Wildman–Crippen LogP) is 5.36. The Morgan fingerprint density at radius 2 is 1.86 bits per heavy atom. The predicted molar refractivity (Wildman–Crippen MR) is 133 cm³/mol. The number of benzene rings is 3. The molecule has 3 aromatic carbocycles. The molecule has 0 fully saturated rings. The van der Waals surface area contributed by atoms with E-state index in [0.717, 1.165) is 16.8 Å². The van der Waals surface area contributed by atoms with E-state index in [1.165, 1.54) is 6.07 Å². The van der Waals surface area contributed by atoms with Crippen LogP contribution < -0.4 is 9.47 Å². The molecule has 1 aliphatic heterocycles. The number of para-hydroxylation sites is 1. The molecule has 35 heavy (non-hydrogen) atoms. The van der Waals surface area contributed by atoms with Gasteiger partial charge in [-0.15, -0.1) is 5.10 Å². The van der Waals surface area contributed by atoms with Gasteiger partial charge in [0.15, 0.2) is 17.3 Å². The van der Waals surface area contributed by atoms with E-state index >= 15 is 0 Å². The number of hydrogen-bond acceptors (Lipinski definition) is 7. The first-order chi connectivity index (χ1) is 16.9. The molecule has 178 valence electrons. The number of aromatic nitrogens is 3. The molecule has 9 nitrogen and oxygen atoms in total. The van der Waals surface area contributed by atoms with Crippen LogP contribution in [0.2, 0.25) is 0 Å². The van der Waals surface area contributed by atoms with Gasteiger partial charge in [-0.3, -0.25) is 19.6 Å². The summed E-state index contributed by atoms with van der Waals surface area (Å²) in [6.45, 7) is 2.58. The molecular weight excluding hydrogens is 466 g/mol. The summed E-state index contributed by atoms with van der Waals surface area (Å²) in [4.78, 5) is 12.9. The van der Waals surface area contributed by atoms with Gasteiger partial charge in [-0.05, 0) is 62.1 Å². The van der Waals surface area contributed by atoms with Crippen LogP contribution in [0.1, 0.15) is 18.5 Å². The van der Waals surface area contributed by atoms with Crippen LogP contribution in [0.5, 0.6) is 11.5 Å². The maximum absolute atomic E-state index is 11.2. The molecule has 1 aliphatic rings. The monoisotopic (exact) mass is 489 g/mol. The lowest BCUT2D eigenvalue weighted by molar-refractivity contribution is -0.384. The standard InChI is InChI=1S/C25H23N5O4S/c1-17(18-7-6-10-21(13-18)30(31)32)27(2)15-28-25(35)29(20-8-4-3-5-9-20)24(26-28)19-11-12-22-23(14-19)34-16-33-22/h3-14,17H,15-16H2,1-2H3. The van der Waals surface area contributed by atoms with Gasteiger partial charge >= 0.3 is 0 Å². The summed E-state index contributed by atoms with van der Waals surface area (Å²) >= 11 is 5.86. The summed E-state index contributed by atoms with van der Waals surface area (Å²) in [5.74, 6) is 2.04. The third-order valence-electron chi connectivity index (χ3n) is 6.07. The van der Waals surface area contributed by atoms with Gasteiger partial charge in [0.05, 0.1) is 11.6 Å². The quantitative estimate of drug-likeness (QED) is 0.196. The smallest absolute Gasteiger partial charge is 0.269 e. The van der Waals surface area contributed by atoms with Gasteiger partial charge in [0.1, 0.15) is 0 Å². The number of nitro groups is 1. The minimum atomic E-state index is -0.383. The van der Waals surface area contributed by atoms with Crippen molar-refractivity contribution in [1.82, 2.24) is 19.2 Å². The average Bonchev–Trinajstić information content (AvgIpc) is 3.48. The Labute approximate surface area is 206 Å². The number of nitrogens with zero attached hydrogens (tertiary/aromatic N) is 5. The van der Waals surface area contributed by atoms with E-state index in [1.54, 1.807) is 16.8 Å². The Morgan fingerprint density at radius 1 is 1.09 bits per heavy atom. The molecule has 1 aromatic heterocycles. The highest BCUT2D eigenvalue weighted by molar-refractivity contribution is 7.71. The average molecular weight is 490 g/mol. The van der Waals surface area contributed by atoms with Crippen LogP contribution in [-0.4, -0.2) is 38.0 Å². The molecule has 0 bridgehead atoms. The summed E-state index contributed by atoms with van der Waals surface area (Å²) in [5, 5.41) is 16.1. The van der Waals surface area contributed by atoms with Crippen LogP contribution in [-0.2, 0) is 6.67 Å². The van der Waals surface area contributed by atoms with E-state index in [4.69, 9.17) is 26.8 Å². The lowest BCUT2D eigenvalue weighted by atomic mass is 10.1. The number of ether oxygens (including phenoxy) is 2. The Kier molecular flexibility index (Phi) is 6.06. The molecule has 1 unspecified atom stereocenters. The molecule has 0 N–H and O–H groups in total. The molecule has 0 saturated heterocycles. The van der Waals surface area contributed by atoms with Gasteiger partial charge in [0.25, 0.3) is 5.69 Å². The fourth-order valence-electron chi connectivity index (χ4n) is 4.02. The summed E-state index contributed by atoms with van der Waals surface area (Å²) in [7, 11) is 1.94. The van der Waals surface area contributed by atoms with Crippen LogP contribution in [0.3, 0.4) is 0 Å². The fraction of sp³-hybridized carbons (Fsp3) is 0.200. The molecule has 0 radical (unpaired) electrons. The number of nitro benzene ring substituents is 1. The van der Waals surface area contributed by atoms with Crippen molar-refractivity contribution in [3.8, 4) is 28.6 Å². The maximum atomic E-state index is 11.2. The van der Waals surface area contributed by atoms with Crippen molar-refractivity contribution in [2.45, 2.75) is 19.6 Å². The van der Waals surface area contributed by atoms with Gasteiger partial charge in [-0.1, -0.05) is 30.3 Å². The highest BCUT2D eigenvalue weighted by Gasteiger charge is 2.21. The fourth-order valence-corrected chi connectivity index (χ4v) is 4.31. The van der Waals surface area contributed by atoms with E-state index < -0.39 is 0 Å². The van der Waals surface area contributed by atoms with Gasteiger partial charge in [-0.25, -0.2) is 4.68 Å². The molecule has 1 atom stereocenters. The SMILES string of the molecule is CC(c1cccc([N+](=O)[O-])c1)N(C)Cn1nc(-c2ccc3c(c2)OCO3)n(-c2ccccc2)c1=S. The Hall–Kier alpha value is -4.02. The summed E-state index contributed by atoms with van der Waals surface area (Å²) < 4.78 is 15.2. The van der Waals surface area contributed by atoms with Crippen molar-refractivity contribution in [3.63, 3.8) is 0 Å². The van der Waals surface area contributed by atoms with Gasteiger partial charge < -0.3 is 9.47 Å². The second-order valence-electron chi connectivity index (χ2n) is 8.27. The topological polar surface area (TPSA) is 87.6 Å². The largest absolute Gasteiger partial charge is 0.454 e. The zero-order valence-corrected chi connectivity index (χ0v) is 20.0. The van der Waals surface area contributed by atoms with E-state index in [9.17, 15) is 10.1 Å². The van der Waals surface area contributed by atoms with Crippen LogP contribution in [0.15, 0.2) is 72.8 Å². The van der Waals surface area contributed by atoms with Gasteiger partial charge in [-0.2, -0.15) is 0 Å². The third kappa shape index (κ3) is 4.41. The number of non-ortho nitro benzene ring substituents is 1. The lowest BCUT2D eigenvalue weighted by Crippen LogP contribution is -2.26. The Balaban J connectivity index is 1.52. The van der Waals surface area contributed by atoms with E-state index in [2.05, 4.69) is 0 Å². The minimum absolute atomic E-state index is 0.0674. The Morgan fingerprint density at radius 3 is 2.63 bits per heavy atom. The van der Waals surface area contributed by atoms with Crippen LogP contribution in [0.25, 0.3) is 17.1 Å². The van der Waals surface area contributed by atoms with Crippen molar-refractivity contribution in [3.05, 3.63) is 93.2 Å². The summed E-state index contributed by atoms with van der Waals surface area (Å²) in [6.07, 6.45) is 0. The van der Waals surface area contributed by atoms with Crippen molar-refractivity contribution in [1.29, 1.82) is 0 Å². The van der Waals surface area contributed by atoms with Crippen LogP contribution in [0.4, 0.5) is 5.69 Å². The molecule has 0 spiro atoms. The van der Waals surface area contributed by atoms with Crippen molar-refractivity contribution >= 4 is 17.9 Å². The van der Waals surface area contributed by atoms with Crippen molar-refractivity contribution in [2.75, 3.05) is 13.8 Å². The maximum Gasteiger partial charge on any atom is 0.269 e. The molecule has 0 aliphatic carbocycles. The zero-order chi connectivity index (χ0) is 24.5. The summed E-state index contributed by atoms with van der Waals surface area (Å²) in [6, 6.07) is 22.1. The highest BCUT2D eigenvalue weighted by Crippen LogP contribution is 2.36. The number of hydrogen-bond donors (Lipinski definition) is 0. The molecule has 0 saturated carbocycles. The van der Waals surface area contributed by atoms with E-state index in [0.29, 0.717) is 28.8 Å². The second kappa shape index (κ2) is 9.32. The number of fused-ring (bicyclic) bond motifs is 1. The molecular formula is C25H23N5O4S. The van der Waals surface area contributed by atoms with E-state index in [1.807, 2.05) is 78.0 Å². The first-order valence-electron chi connectivity index (χ1n) is 11.0. The van der Waals surface area contributed by atoms with Crippen LogP contribution in [0, 0.1) is 14.9 Å². The van der Waals surface area contributed by atoms with Crippen LogP contribution >= 0.6 is 12.2 Å². The van der Waals surface area contributed by atoms with Crippen molar-refractivity contribution in [2.24, 2.45) is 0 Å². The normalized spacial score (nSPS) is 13.2. The number of rotatable bonds is 7. The first kappa shape index (κ1) is 22.8.